The van der Waals surface area contributed by atoms with Crippen molar-refractivity contribution >= 4 is 105 Å². The van der Waals surface area contributed by atoms with Crippen LogP contribution in [0, 0.1) is 5.92 Å². The maximum Gasteiger partial charge on any atom is 0.244 e. The van der Waals surface area contributed by atoms with E-state index in [1.54, 1.807) is 32.2 Å². The normalized spacial score (nSPS) is 14.2. The molecule has 15 N–H and O–H groups in total. The Hall–Kier alpha value is -8.44. The van der Waals surface area contributed by atoms with E-state index in [1.165, 1.54) is 12.1 Å². The van der Waals surface area contributed by atoms with Gasteiger partial charge in [-0.25, -0.2) is 0 Å². The topological polar surface area (TPSA) is 335 Å². The summed E-state index contributed by atoms with van der Waals surface area (Å²) in [5.41, 5.74) is 21.5. The van der Waals surface area contributed by atoms with E-state index in [0.29, 0.717) is 24.0 Å². The van der Waals surface area contributed by atoms with Crippen LogP contribution in [0.1, 0.15) is 55.4 Å². The summed E-state index contributed by atoms with van der Waals surface area (Å²) < 4.78 is 0. The Balaban J connectivity index is 1.08. The van der Waals surface area contributed by atoms with Crippen molar-refractivity contribution in [2.24, 2.45) is 23.1 Å². The van der Waals surface area contributed by atoms with E-state index in [-0.39, 0.29) is 55.9 Å². The van der Waals surface area contributed by atoms with Gasteiger partial charge in [0.2, 0.25) is 47.3 Å². The third-order valence-electron chi connectivity index (χ3n) is 14.7. The first kappa shape index (κ1) is 64.1. The first-order chi connectivity index (χ1) is 40.8. The Morgan fingerprint density at radius 1 is 0.494 bits per heavy atom. The fraction of sp³-hybridized carbons (Fsp3) is 0.333. The average Bonchev–Trinajstić information content (AvgIpc) is 4.20. The molecule has 0 saturated carbocycles. The molecule has 0 aliphatic heterocycles. The van der Waals surface area contributed by atoms with Crippen LogP contribution in [0.3, 0.4) is 0 Å². The van der Waals surface area contributed by atoms with Gasteiger partial charge < -0.3 is 64.5 Å². The number of benzene rings is 6. The smallest absolute Gasteiger partial charge is 0.244 e. The zero-order chi connectivity index (χ0) is 61.2. The lowest BCUT2D eigenvalue weighted by molar-refractivity contribution is -0.136. The van der Waals surface area contributed by atoms with Crippen LogP contribution in [0.2, 0.25) is 0 Å². The summed E-state index contributed by atoms with van der Waals surface area (Å²) in [7, 11) is 0. The Bertz CT molecular complexity index is 3490. The summed E-state index contributed by atoms with van der Waals surface area (Å²) in [5.74, 6) is -6.98. The van der Waals surface area contributed by atoms with Crippen LogP contribution in [-0.4, -0.2) is 124 Å². The zero-order valence-corrected chi connectivity index (χ0v) is 49.2. The maximum absolute atomic E-state index is 14.9. The summed E-state index contributed by atoms with van der Waals surface area (Å²) >= 11 is 8.71. The van der Waals surface area contributed by atoms with Gasteiger partial charge in [-0.2, -0.15) is 25.3 Å². The molecule has 0 aliphatic carbocycles. The number of amides is 8. The molecule has 7 rings (SSSR count). The number of nitrogens with two attached hydrogens (primary N) is 3. The van der Waals surface area contributed by atoms with Crippen LogP contribution in [-0.2, 0) is 64.0 Å². The molecule has 0 saturated heterocycles. The number of H-pyrrole nitrogens is 1. The first-order valence-corrected chi connectivity index (χ1v) is 29.5. The van der Waals surface area contributed by atoms with Crippen LogP contribution in [0.4, 0.5) is 0 Å². The number of para-hydroxylation sites is 1. The van der Waals surface area contributed by atoms with Gasteiger partial charge in [0.05, 0.1) is 6.04 Å². The Morgan fingerprint density at radius 2 is 0.953 bits per heavy atom. The molecular weight excluding hydrogens is 1120 g/mol. The Kier molecular flexibility index (Phi) is 23.3. The number of unbranched alkanes of at least 4 members (excludes halogenated alkanes) is 1. The number of phenolic OH excluding ortho intramolecular Hbond substituents is 1. The highest BCUT2D eigenvalue weighted by Crippen LogP contribution is 2.22. The molecule has 6 aromatic carbocycles. The van der Waals surface area contributed by atoms with Crippen molar-refractivity contribution in [3.63, 3.8) is 0 Å². The van der Waals surface area contributed by atoms with Crippen molar-refractivity contribution in [1.29, 1.82) is 0 Å². The number of aromatic nitrogens is 1. The third-order valence-corrected chi connectivity index (χ3v) is 15.4. The molecule has 8 amide bonds. The summed E-state index contributed by atoms with van der Waals surface area (Å²) in [4.78, 5) is 116. The first-order valence-electron chi connectivity index (χ1n) is 28.2. The summed E-state index contributed by atoms with van der Waals surface area (Å²) in [5, 5.41) is 33.9. The lowest BCUT2D eigenvalue weighted by atomic mass is 9.99. The van der Waals surface area contributed by atoms with Crippen LogP contribution in [0.5, 0.6) is 5.75 Å². The van der Waals surface area contributed by atoms with Crippen LogP contribution in [0.25, 0.3) is 32.4 Å². The molecule has 85 heavy (non-hydrogen) atoms. The minimum Gasteiger partial charge on any atom is -0.508 e. The predicted octanol–water partition coefficient (Wildman–Crippen LogP) is 3.30. The molecule has 22 heteroatoms. The van der Waals surface area contributed by atoms with Crippen LogP contribution >= 0.6 is 25.3 Å². The number of aromatic hydroxyl groups is 1. The van der Waals surface area contributed by atoms with Gasteiger partial charge in [0.25, 0.3) is 0 Å². The molecule has 20 nitrogen and oxygen atoms in total. The third kappa shape index (κ3) is 18.0. The number of phenols is 1. The molecule has 448 valence electrons. The second-order valence-electron chi connectivity index (χ2n) is 21.5. The van der Waals surface area contributed by atoms with Gasteiger partial charge in [-0.15, -0.1) is 0 Å². The quantitative estimate of drug-likeness (QED) is 0.0229. The molecule has 0 fully saturated rings. The Labute approximate surface area is 504 Å². The molecule has 0 spiro atoms. The van der Waals surface area contributed by atoms with E-state index in [4.69, 9.17) is 17.2 Å². The summed E-state index contributed by atoms with van der Waals surface area (Å²) in [6, 6.07) is 30.1. The number of rotatable bonds is 30. The second kappa shape index (κ2) is 30.9. The zero-order valence-electron chi connectivity index (χ0n) is 47.4. The highest BCUT2D eigenvalue weighted by atomic mass is 32.1. The molecule has 0 radical (unpaired) electrons. The van der Waals surface area contributed by atoms with Gasteiger partial charge in [-0.1, -0.05) is 129 Å². The molecule has 7 aromatic rings. The fourth-order valence-electron chi connectivity index (χ4n) is 9.91. The number of fused-ring (bicyclic) bond motifs is 3. The average molecular weight is 1190 g/mol. The highest BCUT2D eigenvalue weighted by molar-refractivity contribution is 7.80. The Morgan fingerprint density at radius 3 is 1.52 bits per heavy atom. The van der Waals surface area contributed by atoms with Crippen molar-refractivity contribution in [2.75, 3.05) is 18.1 Å². The van der Waals surface area contributed by atoms with Gasteiger partial charge >= 0.3 is 0 Å². The lowest BCUT2D eigenvalue weighted by Crippen LogP contribution is -2.61. The lowest BCUT2D eigenvalue weighted by Gasteiger charge is -2.29. The second-order valence-corrected chi connectivity index (χ2v) is 22.2. The number of carbonyl (C=O) groups is 8. The SMILES string of the molecule is CC(C)[C@H](NC(=O)[C@H](CCCCN)NC(=O)[C@@H](Cc1c[nH]c2ccccc12)NC(=O)[C@H](Cc1ccc(O)cc1)NC(=O)[C@H](CS)NC(=O)[C@H](N)Cc1ccc2ccccc2c1)C(=O)N[C@@H](CS)C(=O)N[C@@H](Cc1ccc2ccccc2c1)C(N)=O. The molecule has 1 aromatic heterocycles. The molecule has 0 unspecified atom stereocenters. The van der Waals surface area contributed by atoms with E-state index in [0.717, 1.165) is 43.6 Å². The number of hydrogen-bond acceptors (Lipinski definition) is 13. The molecule has 0 bridgehead atoms. The molecule has 8 atom stereocenters. The van der Waals surface area contributed by atoms with E-state index >= 15 is 0 Å². The van der Waals surface area contributed by atoms with Gasteiger partial charge in [0.1, 0.15) is 48.0 Å². The van der Waals surface area contributed by atoms with Gasteiger partial charge in [-0.05, 0) is 100 Å². The van der Waals surface area contributed by atoms with Crippen LogP contribution < -0.4 is 54.4 Å². The van der Waals surface area contributed by atoms with Crippen molar-refractivity contribution in [2.45, 2.75) is 107 Å². The summed E-state index contributed by atoms with van der Waals surface area (Å²) in [6.07, 6.45) is 2.60. The maximum atomic E-state index is 14.9. The van der Waals surface area contributed by atoms with Crippen molar-refractivity contribution in [1.82, 2.24) is 42.2 Å². The minimum atomic E-state index is -1.39. The molecular formula is C63H75N11O9S2. The molecule has 0 aliphatic rings. The van der Waals surface area contributed by atoms with Crippen LogP contribution in [0.15, 0.2) is 140 Å². The van der Waals surface area contributed by atoms with Crippen molar-refractivity contribution in [3.8, 4) is 5.75 Å². The number of primary amides is 1. The van der Waals surface area contributed by atoms with Crippen molar-refractivity contribution in [3.05, 3.63) is 162 Å². The predicted molar refractivity (Wildman–Crippen MR) is 335 cm³/mol. The number of aromatic amines is 1. The number of carbonyl (C=O) groups excluding carboxylic acids is 8. The van der Waals surface area contributed by atoms with E-state index in [1.807, 2.05) is 109 Å². The van der Waals surface area contributed by atoms with Gasteiger partial charge in [0, 0.05) is 47.9 Å². The largest absolute Gasteiger partial charge is 0.508 e. The summed E-state index contributed by atoms with van der Waals surface area (Å²) in [6.45, 7) is 3.64. The minimum absolute atomic E-state index is 0.0409. The highest BCUT2D eigenvalue weighted by Gasteiger charge is 2.35. The number of hydrogen-bond donors (Lipinski definition) is 14. The number of thiol groups is 2. The monoisotopic (exact) mass is 1190 g/mol. The van der Waals surface area contributed by atoms with E-state index in [9.17, 15) is 43.5 Å². The molecule has 1 heterocycles. The van der Waals surface area contributed by atoms with E-state index in [2.05, 4.69) is 67.5 Å². The number of nitrogens with one attached hydrogen (secondary N) is 8. The standard InChI is InChI=1S/C63H75N11O9S2/c1-36(2)55(63(83)73-54(35-85)61(81)69-50(56(66)76)31-39-19-23-41-12-4-6-14-43(41)28-39)74-58(78)49(17-9-10-26-64)68-60(80)52(32-44-33-67-48-16-8-7-15-46(44)48)71-59(79)51(30-37-20-24-45(75)25-21-37)70-62(82)53(34-84)72-57(77)47(65)29-38-18-22-40-11-3-5-13-42(40)27-38/h3-8,11-16,18-25,27-28,33,36,47,49-55,67,75,84-85H,9-10,17,26,29-32,34-35,64-65H2,1-2H3,(H2,66,76)(H,68,80)(H,69,81)(H,70,82)(H,71,79)(H,72,77)(H,73,83)(H,74,78)/t47-,49+,50+,51+,52-,53+,54+,55+/m1/s1. The van der Waals surface area contributed by atoms with Gasteiger partial charge in [0.15, 0.2) is 0 Å². The van der Waals surface area contributed by atoms with Gasteiger partial charge in [-0.3, -0.25) is 38.4 Å². The van der Waals surface area contributed by atoms with E-state index < -0.39 is 102 Å². The fourth-order valence-corrected chi connectivity index (χ4v) is 10.4. The van der Waals surface area contributed by atoms with Crippen molar-refractivity contribution < 1.29 is 43.5 Å².